The van der Waals surface area contributed by atoms with E-state index in [1.807, 2.05) is 6.26 Å². The molecule has 3 heteroatoms. The maximum absolute atomic E-state index is 3.18. The largest absolute Gasteiger partial charge is 0.259 e. The van der Waals surface area contributed by atoms with Crippen molar-refractivity contribution in [2.24, 2.45) is 0 Å². The van der Waals surface area contributed by atoms with Crippen LogP contribution in [0.1, 0.15) is 4.88 Å². The van der Waals surface area contributed by atoms with E-state index in [-0.39, 0.29) is 0 Å². The fourth-order valence-corrected chi connectivity index (χ4v) is 1.59. The first-order chi connectivity index (χ1) is 4.43. The van der Waals surface area contributed by atoms with E-state index in [1.165, 1.54) is 4.88 Å². The predicted octanol–water partition coefficient (Wildman–Crippen LogP) is 2.12. The molecule has 50 valence electrons. The van der Waals surface area contributed by atoms with Gasteiger partial charge in [0.1, 0.15) is 0 Å². The second-order valence-electron chi connectivity index (χ2n) is 1.60. The van der Waals surface area contributed by atoms with E-state index in [2.05, 4.69) is 22.2 Å². The summed E-state index contributed by atoms with van der Waals surface area (Å²) in [7, 11) is 0. The van der Waals surface area contributed by atoms with Gasteiger partial charge in [-0.05, 0) is 17.7 Å². The van der Waals surface area contributed by atoms with Crippen molar-refractivity contribution in [1.82, 2.24) is 4.72 Å². The Morgan fingerprint density at radius 2 is 2.67 bits per heavy atom. The lowest BCUT2D eigenvalue weighted by atomic mass is 10.5. The Labute approximate surface area is 63.6 Å². The van der Waals surface area contributed by atoms with Gasteiger partial charge in [-0.25, -0.2) is 0 Å². The molecule has 1 N–H and O–H groups in total. The van der Waals surface area contributed by atoms with Gasteiger partial charge in [0.15, 0.2) is 0 Å². The van der Waals surface area contributed by atoms with Crippen molar-refractivity contribution in [3.05, 3.63) is 22.4 Å². The van der Waals surface area contributed by atoms with Gasteiger partial charge in [0, 0.05) is 11.4 Å². The van der Waals surface area contributed by atoms with Crippen molar-refractivity contribution >= 4 is 23.3 Å². The summed E-state index contributed by atoms with van der Waals surface area (Å²) < 4.78 is 3.18. The topological polar surface area (TPSA) is 12.0 Å². The van der Waals surface area contributed by atoms with Crippen LogP contribution in [-0.2, 0) is 6.54 Å². The smallest absolute Gasteiger partial charge is 0.0403 e. The molecule has 1 heterocycles. The van der Waals surface area contributed by atoms with Gasteiger partial charge >= 0.3 is 0 Å². The predicted molar refractivity (Wildman–Crippen MR) is 44.7 cm³/mol. The molecular formula is C6H9NS2. The molecule has 9 heavy (non-hydrogen) atoms. The summed E-state index contributed by atoms with van der Waals surface area (Å²) in [5, 5.41) is 2.09. The van der Waals surface area contributed by atoms with Gasteiger partial charge in [-0.15, -0.1) is 11.3 Å². The lowest BCUT2D eigenvalue weighted by Gasteiger charge is -1.93. The molecule has 0 aliphatic heterocycles. The van der Waals surface area contributed by atoms with Crippen molar-refractivity contribution in [2.75, 3.05) is 6.26 Å². The molecule has 0 atom stereocenters. The van der Waals surface area contributed by atoms with E-state index in [1.54, 1.807) is 23.3 Å². The highest BCUT2D eigenvalue weighted by Crippen LogP contribution is 2.07. The van der Waals surface area contributed by atoms with Crippen molar-refractivity contribution < 1.29 is 0 Å². The molecule has 0 aliphatic carbocycles. The average molecular weight is 159 g/mol. The first kappa shape index (κ1) is 7.12. The van der Waals surface area contributed by atoms with Crippen LogP contribution in [0.4, 0.5) is 0 Å². The first-order valence-electron chi connectivity index (χ1n) is 2.71. The highest BCUT2D eigenvalue weighted by molar-refractivity contribution is 7.96. The van der Waals surface area contributed by atoms with Crippen LogP contribution >= 0.6 is 23.3 Å². The summed E-state index contributed by atoms with van der Waals surface area (Å²) in [6.45, 7) is 0.985. The second-order valence-corrected chi connectivity index (χ2v) is 3.33. The summed E-state index contributed by atoms with van der Waals surface area (Å²) in [6, 6.07) is 4.20. The van der Waals surface area contributed by atoms with Gasteiger partial charge in [0.25, 0.3) is 0 Å². The molecule has 0 saturated heterocycles. The Bertz CT molecular complexity index is 148. The molecule has 0 unspecified atom stereocenters. The van der Waals surface area contributed by atoms with Crippen LogP contribution in [-0.4, -0.2) is 6.26 Å². The van der Waals surface area contributed by atoms with Crippen LogP contribution in [0.25, 0.3) is 0 Å². The molecule has 1 aromatic rings. The van der Waals surface area contributed by atoms with E-state index in [0.717, 1.165) is 6.54 Å². The molecule has 0 amide bonds. The van der Waals surface area contributed by atoms with Gasteiger partial charge < -0.3 is 0 Å². The van der Waals surface area contributed by atoms with Crippen molar-refractivity contribution in [2.45, 2.75) is 6.54 Å². The first-order valence-corrected chi connectivity index (χ1v) is 4.82. The molecular weight excluding hydrogens is 150 g/mol. The van der Waals surface area contributed by atoms with Gasteiger partial charge in [-0.1, -0.05) is 18.0 Å². The number of thiophene rings is 1. The molecule has 1 rings (SSSR count). The third-order valence-corrected chi connectivity index (χ3v) is 2.28. The summed E-state index contributed by atoms with van der Waals surface area (Å²) in [6.07, 6.45) is 2.04. The lowest BCUT2D eigenvalue weighted by Crippen LogP contribution is -1.98. The average Bonchev–Trinajstić information content (AvgIpc) is 2.34. The SMILES string of the molecule is CSNCc1cccs1. The van der Waals surface area contributed by atoms with Crippen LogP contribution < -0.4 is 4.72 Å². The van der Waals surface area contributed by atoms with Gasteiger partial charge in [-0.3, -0.25) is 4.72 Å². The van der Waals surface area contributed by atoms with Crippen LogP contribution in [0, 0.1) is 0 Å². The summed E-state index contributed by atoms with van der Waals surface area (Å²) >= 11 is 3.44. The quantitative estimate of drug-likeness (QED) is 0.678. The zero-order valence-electron chi connectivity index (χ0n) is 5.26. The van der Waals surface area contributed by atoms with Crippen LogP contribution in [0.15, 0.2) is 17.5 Å². The minimum atomic E-state index is 0.985. The zero-order chi connectivity index (χ0) is 6.53. The number of hydrogen-bond acceptors (Lipinski definition) is 3. The molecule has 0 spiro atoms. The third-order valence-electron chi connectivity index (χ3n) is 0.971. The molecule has 0 fully saturated rings. The van der Waals surface area contributed by atoms with Crippen LogP contribution in [0.5, 0.6) is 0 Å². The van der Waals surface area contributed by atoms with E-state index >= 15 is 0 Å². The summed E-state index contributed by atoms with van der Waals surface area (Å²) in [5.74, 6) is 0. The highest BCUT2D eigenvalue weighted by atomic mass is 32.2. The van der Waals surface area contributed by atoms with E-state index < -0.39 is 0 Å². The standard InChI is InChI=1S/C6H9NS2/c1-8-7-5-6-3-2-4-9-6/h2-4,7H,5H2,1H3. The molecule has 0 bridgehead atoms. The molecule has 0 saturated carbocycles. The van der Waals surface area contributed by atoms with Crippen molar-refractivity contribution in [1.29, 1.82) is 0 Å². The fraction of sp³-hybridized carbons (Fsp3) is 0.333. The maximum Gasteiger partial charge on any atom is 0.0403 e. The Morgan fingerprint density at radius 3 is 3.22 bits per heavy atom. The minimum Gasteiger partial charge on any atom is -0.259 e. The molecule has 1 aromatic heterocycles. The minimum absolute atomic E-state index is 0.985. The normalized spacial score (nSPS) is 9.89. The van der Waals surface area contributed by atoms with E-state index in [4.69, 9.17) is 0 Å². The van der Waals surface area contributed by atoms with Gasteiger partial charge in [0.05, 0.1) is 0 Å². The van der Waals surface area contributed by atoms with Gasteiger partial charge in [-0.2, -0.15) is 0 Å². The number of hydrogen-bond donors (Lipinski definition) is 1. The van der Waals surface area contributed by atoms with E-state index in [0.29, 0.717) is 0 Å². The van der Waals surface area contributed by atoms with Gasteiger partial charge in [0.2, 0.25) is 0 Å². The number of rotatable bonds is 3. The highest BCUT2D eigenvalue weighted by Gasteiger charge is 1.88. The van der Waals surface area contributed by atoms with Crippen molar-refractivity contribution in [3.8, 4) is 0 Å². The third kappa shape index (κ3) is 2.39. The molecule has 0 radical (unpaired) electrons. The summed E-state index contributed by atoms with van der Waals surface area (Å²) in [5.41, 5.74) is 0. The lowest BCUT2D eigenvalue weighted by molar-refractivity contribution is 1.01. The Morgan fingerprint density at radius 1 is 1.78 bits per heavy atom. The van der Waals surface area contributed by atoms with Crippen LogP contribution in [0.2, 0.25) is 0 Å². The van der Waals surface area contributed by atoms with Crippen molar-refractivity contribution in [3.63, 3.8) is 0 Å². The zero-order valence-corrected chi connectivity index (χ0v) is 6.89. The Kier molecular flexibility index (Phi) is 3.11. The van der Waals surface area contributed by atoms with E-state index in [9.17, 15) is 0 Å². The van der Waals surface area contributed by atoms with Crippen LogP contribution in [0.3, 0.4) is 0 Å². The fourth-order valence-electron chi connectivity index (χ4n) is 0.556. The Hall–Kier alpha value is 0.01000. The second kappa shape index (κ2) is 3.93. The maximum atomic E-state index is 3.18. The monoisotopic (exact) mass is 159 g/mol. The molecule has 0 aliphatic rings. The molecule has 1 nitrogen and oxygen atoms in total. The number of nitrogens with one attached hydrogen (secondary N) is 1. The summed E-state index contributed by atoms with van der Waals surface area (Å²) in [4.78, 5) is 1.39. The molecule has 0 aromatic carbocycles. The Balaban J connectivity index is 2.30.